The van der Waals surface area contributed by atoms with E-state index in [4.69, 9.17) is 9.47 Å². The van der Waals surface area contributed by atoms with Crippen molar-refractivity contribution in [2.24, 2.45) is 5.92 Å². The van der Waals surface area contributed by atoms with Gasteiger partial charge in [0.05, 0.1) is 25.8 Å². The van der Waals surface area contributed by atoms with E-state index in [0.717, 1.165) is 59.9 Å². The van der Waals surface area contributed by atoms with Gasteiger partial charge in [0.2, 0.25) is 5.91 Å². The van der Waals surface area contributed by atoms with E-state index in [-0.39, 0.29) is 11.8 Å². The Bertz CT molecular complexity index is 1050. The lowest BCUT2D eigenvalue weighted by atomic mass is 9.97. The summed E-state index contributed by atoms with van der Waals surface area (Å²) in [5.41, 5.74) is 2.89. The smallest absolute Gasteiger partial charge is 0.224 e. The number of anilines is 1. The fourth-order valence-corrected chi connectivity index (χ4v) is 4.18. The maximum atomic E-state index is 12.8. The molecule has 1 N–H and O–H groups in total. The minimum atomic E-state index is -0.0560. The van der Waals surface area contributed by atoms with E-state index in [1.807, 2.05) is 60.7 Å². The van der Waals surface area contributed by atoms with E-state index in [2.05, 4.69) is 20.4 Å². The molecule has 33 heavy (non-hydrogen) atoms. The molecule has 1 amide bonds. The molecule has 1 aromatic heterocycles. The number of aromatic nitrogens is 2. The van der Waals surface area contributed by atoms with Crippen molar-refractivity contribution in [3.8, 4) is 22.8 Å². The van der Waals surface area contributed by atoms with Crippen LogP contribution < -0.4 is 19.7 Å². The first-order valence-corrected chi connectivity index (χ1v) is 11.3. The van der Waals surface area contributed by atoms with E-state index in [9.17, 15) is 4.79 Å². The standard InChI is InChI=1S/C26H30N4O3/c1-32-22-11-9-19(10-12-22)23-13-14-25(29-28-23)30-17-5-7-21(18-30)26(31)27-16-15-20-6-3-4-8-24(20)33-2/h3-4,6,8-14,21H,5,7,15-18H2,1-2H3,(H,27,31). The van der Waals surface area contributed by atoms with Gasteiger partial charge in [-0.3, -0.25) is 4.79 Å². The summed E-state index contributed by atoms with van der Waals surface area (Å²) in [6, 6.07) is 19.6. The first-order valence-electron chi connectivity index (χ1n) is 11.3. The van der Waals surface area contributed by atoms with Crippen LogP contribution in [0.1, 0.15) is 18.4 Å². The molecule has 7 nitrogen and oxygen atoms in total. The average Bonchev–Trinajstić information content (AvgIpc) is 2.89. The second-order valence-electron chi connectivity index (χ2n) is 8.14. The maximum absolute atomic E-state index is 12.8. The molecular formula is C26H30N4O3. The Hall–Kier alpha value is -3.61. The van der Waals surface area contributed by atoms with Crippen molar-refractivity contribution in [3.63, 3.8) is 0 Å². The van der Waals surface area contributed by atoms with Gasteiger partial charge in [0.1, 0.15) is 11.5 Å². The molecule has 2 aromatic carbocycles. The molecule has 1 unspecified atom stereocenters. The monoisotopic (exact) mass is 446 g/mol. The number of ether oxygens (including phenoxy) is 2. The second-order valence-corrected chi connectivity index (χ2v) is 8.14. The zero-order valence-corrected chi connectivity index (χ0v) is 19.2. The summed E-state index contributed by atoms with van der Waals surface area (Å²) in [7, 11) is 3.32. The Morgan fingerprint density at radius 2 is 1.85 bits per heavy atom. The minimum Gasteiger partial charge on any atom is -0.497 e. The third-order valence-electron chi connectivity index (χ3n) is 6.04. The lowest BCUT2D eigenvalue weighted by Crippen LogP contribution is -2.43. The first kappa shape index (κ1) is 22.6. The number of nitrogens with one attached hydrogen (secondary N) is 1. The molecule has 4 rings (SSSR count). The number of hydrogen-bond donors (Lipinski definition) is 1. The second kappa shape index (κ2) is 10.8. The highest BCUT2D eigenvalue weighted by atomic mass is 16.5. The lowest BCUT2D eigenvalue weighted by Gasteiger charge is -2.32. The zero-order valence-electron chi connectivity index (χ0n) is 19.2. The fraction of sp³-hybridized carbons (Fsp3) is 0.346. The van der Waals surface area contributed by atoms with Gasteiger partial charge in [-0.05, 0) is 67.3 Å². The number of hydrogen-bond acceptors (Lipinski definition) is 6. The Morgan fingerprint density at radius 1 is 1.03 bits per heavy atom. The highest BCUT2D eigenvalue weighted by Gasteiger charge is 2.26. The summed E-state index contributed by atoms with van der Waals surface area (Å²) in [5, 5.41) is 11.9. The minimum absolute atomic E-state index is 0.0560. The molecule has 1 fully saturated rings. The quantitative estimate of drug-likeness (QED) is 0.568. The predicted molar refractivity (Wildman–Crippen MR) is 129 cm³/mol. The molecule has 7 heteroatoms. The van der Waals surface area contributed by atoms with E-state index in [0.29, 0.717) is 13.1 Å². The molecular weight excluding hydrogens is 416 g/mol. The zero-order chi connectivity index (χ0) is 23.0. The van der Waals surface area contributed by atoms with Gasteiger partial charge in [0.15, 0.2) is 5.82 Å². The van der Waals surface area contributed by atoms with Gasteiger partial charge >= 0.3 is 0 Å². The van der Waals surface area contributed by atoms with Crippen LogP contribution in [0.5, 0.6) is 11.5 Å². The predicted octanol–water partition coefficient (Wildman–Crippen LogP) is 3.74. The van der Waals surface area contributed by atoms with E-state index in [1.165, 1.54) is 0 Å². The molecule has 0 aliphatic carbocycles. The van der Waals surface area contributed by atoms with E-state index >= 15 is 0 Å². The Labute approximate surface area is 194 Å². The van der Waals surface area contributed by atoms with Crippen molar-refractivity contribution >= 4 is 11.7 Å². The summed E-state index contributed by atoms with van der Waals surface area (Å²) in [5.74, 6) is 2.51. The molecule has 1 saturated heterocycles. The number of amides is 1. The van der Waals surface area contributed by atoms with Gasteiger partial charge < -0.3 is 19.7 Å². The largest absolute Gasteiger partial charge is 0.497 e. The van der Waals surface area contributed by atoms with Crippen LogP contribution in [0.2, 0.25) is 0 Å². The van der Waals surface area contributed by atoms with Crippen molar-refractivity contribution in [3.05, 3.63) is 66.2 Å². The Kier molecular flexibility index (Phi) is 7.40. The number of methoxy groups -OCH3 is 2. The first-order chi connectivity index (χ1) is 16.2. The third kappa shape index (κ3) is 5.61. The highest BCUT2D eigenvalue weighted by molar-refractivity contribution is 5.79. The van der Waals surface area contributed by atoms with Crippen LogP contribution in [-0.2, 0) is 11.2 Å². The van der Waals surface area contributed by atoms with Crippen molar-refractivity contribution in [2.45, 2.75) is 19.3 Å². The molecule has 0 saturated carbocycles. The van der Waals surface area contributed by atoms with Crippen molar-refractivity contribution in [1.82, 2.24) is 15.5 Å². The van der Waals surface area contributed by atoms with Crippen molar-refractivity contribution in [1.29, 1.82) is 0 Å². The van der Waals surface area contributed by atoms with Crippen LogP contribution in [0, 0.1) is 5.92 Å². The molecule has 1 atom stereocenters. The SMILES string of the molecule is COc1ccc(-c2ccc(N3CCCC(C(=O)NCCc4ccccc4OC)C3)nn2)cc1. The molecule has 1 aliphatic heterocycles. The summed E-state index contributed by atoms with van der Waals surface area (Å²) in [6.07, 6.45) is 2.57. The molecule has 0 spiro atoms. The summed E-state index contributed by atoms with van der Waals surface area (Å²) >= 11 is 0. The van der Waals surface area contributed by atoms with Crippen LogP contribution in [0.15, 0.2) is 60.7 Å². The van der Waals surface area contributed by atoms with Gasteiger partial charge in [0.25, 0.3) is 0 Å². The number of benzene rings is 2. The normalized spacial score (nSPS) is 15.7. The van der Waals surface area contributed by atoms with Gasteiger partial charge in [-0.2, -0.15) is 0 Å². The van der Waals surface area contributed by atoms with Crippen molar-refractivity contribution in [2.75, 3.05) is 38.8 Å². The number of rotatable bonds is 8. The topological polar surface area (TPSA) is 76.6 Å². The number of carbonyl (C=O) groups is 1. The van der Waals surface area contributed by atoms with Gasteiger partial charge in [-0.25, -0.2) is 0 Å². The van der Waals surface area contributed by atoms with E-state index < -0.39 is 0 Å². The molecule has 3 aromatic rings. The summed E-state index contributed by atoms with van der Waals surface area (Å²) in [4.78, 5) is 14.9. The number of nitrogens with zero attached hydrogens (tertiary/aromatic N) is 3. The van der Waals surface area contributed by atoms with Crippen LogP contribution in [0.25, 0.3) is 11.3 Å². The van der Waals surface area contributed by atoms with Crippen molar-refractivity contribution < 1.29 is 14.3 Å². The third-order valence-corrected chi connectivity index (χ3v) is 6.04. The molecule has 1 aliphatic rings. The van der Waals surface area contributed by atoms with Crippen LogP contribution in [-0.4, -0.2) is 50.0 Å². The summed E-state index contributed by atoms with van der Waals surface area (Å²) in [6.45, 7) is 2.12. The molecule has 0 radical (unpaired) electrons. The maximum Gasteiger partial charge on any atom is 0.224 e. The summed E-state index contributed by atoms with van der Waals surface area (Å²) < 4.78 is 10.6. The lowest BCUT2D eigenvalue weighted by molar-refractivity contribution is -0.125. The Morgan fingerprint density at radius 3 is 2.58 bits per heavy atom. The van der Waals surface area contributed by atoms with Gasteiger partial charge in [-0.1, -0.05) is 18.2 Å². The molecule has 0 bridgehead atoms. The number of para-hydroxylation sites is 1. The number of piperidine rings is 1. The Balaban J connectivity index is 1.32. The van der Waals surface area contributed by atoms with Crippen LogP contribution in [0.4, 0.5) is 5.82 Å². The average molecular weight is 447 g/mol. The number of carbonyl (C=O) groups excluding carboxylic acids is 1. The van der Waals surface area contributed by atoms with Crippen LogP contribution in [0.3, 0.4) is 0 Å². The fourth-order valence-electron chi connectivity index (χ4n) is 4.18. The van der Waals surface area contributed by atoms with Gasteiger partial charge in [-0.15, -0.1) is 10.2 Å². The van der Waals surface area contributed by atoms with Gasteiger partial charge in [0, 0.05) is 25.2 Å². The van der Waals surface area contributed by atoms with Crippen LogP contribution >= 0.6 is 0 Å². The van der Waals surface area contributed by atoms with E-state index in [1.54, 1.807) is 14.2 Å². The molecule has 2 heterocycles. The molecule has 172 valence electrons. The highest BCUT2D eigenvalue weighted by Crippen LogP contribution is 2.25.